The highest BCUT2D eigenvalue weighted by molar-refractivity contribution is 7.80. The van der Waals surface area contributed by atoms with Gasteiger partial charge < -0.3 is 10.5 Å². The van der Waals surface area contributed by atoms with Crippen LogP contribution in [0.4, 0.5) is 0 Å². The van der Waals surface area contributed by atoms with Crippen molar-refractivity contribution in [2.24, 2.45) is 5.73 Å². The van der Waals surface area contributed by atoms with Gasteiger partial charge in [0.2, 0.25) is 0 Å². The van der Waals surface area contributed by atoms with E-state index in [1.54, 1.807) is 0 Å². The molecule has 94 valence electrons. The second-order valence-electron chi connectivity index (χ2n) is 3.82. The monoisotopic (exact) mass is 246 g/mol. The van der Waals surface area contributed by atoms with Crippen molar-refractivity contribution in [2.45, 2.75) is 32.6 Å². The summed E-state index contributed by atoms with van der Waals surface area (Å²) in [5, 5.41) is 0. The topological polar surface area (TPSA) is 55.6 Å². The molecule has 0 aliphatic heterocycles. The Labute approximate surface area is 103 Å². The average Bonchev–Trinajstić information content (AvgIpc) is 2.16. The summed E-state index contributed by atoms with van der Waals surface area (Å²) >= 11 is 4.81. The maximum Gasteiger partial charge on any atom is 0.305 e. The summed E-state index contributed by atoms with van der Waals surface area (Å²) in [6.45, 7) is 3.91. The van der Waals surface area contributed by atoms with Crippen LogP contribution in [0.25, 0.3) is 0 Å². The number of thiocarbonyl (C=S) groups is 1. The molecule has 0 aromatic carbocycles. The van der Waals surface area contributed by atoms with Gasteiger partial charge in [0.1, 0.15) is 0 Å². The second-order valence-corrected chi connectivity index (χ2v) is 4.34. The molecule has 0 heterocycles. The minimum atomic E-state index is -0.0982. The number of rotatable bonds is 9. The first kappa shape index (κ1) is 15.3. The summed E-state index contributed by atoms with van der Waals surface area (Å²) in [6, 6.07) is 0. The SMILES string of the molecule is CCOC(=O)CCCCCN(C)CC(N)=S. The third-order valence-electron chi connectivity index (χ3n) is 2.15. The van der Waals surface area contributed by atoms with Gasteiger partial charge in [-0.3, -0.25) is 9.69 Å². The van der Waals surface area contributed by atoms with Crippen molar-refractivity contribution in [1.82, 2.24) is 4.90 Å². The number of hydrogen-bond donors (Lipinski definition) is 1. The van der Waals surface area contributed by atoms with Gasteiger partial charge in [-0.1, -0.05) is 18.6 Å². The molecule has 0 spiro atoms. The Hall–Kier alpha value is -0.680. The van der Waals surface area contributed by atoms with Crippen LogP contribution >= 0.6 is 12.2 Å². The van der Waals surface area contributed by atoms with Crippen molar-refractivity contribution in [1.29, 1.82) is 0 Å². The highest BCUT2D eigenvalue weighted by atomic mass is 32.1. The van der Waals surface area contributed by atoms with E-state index >= 15 is 0 Å². The van der Waals surface area contributed by atoms with Crippen LogP contribution in [0.15, 0.2) is 0 Å². The van der Waals surface area contributed by atoms with E-state index < -0.39 is 0 Å². The smallest absolute Gasteiger partial charge is 0.305 e. The van der Waals surface area contributed by atoms with Gasteiger partial charge in [-0.25, -0.2) is 0 Å². The molecule has 4 nitrogen and oxygen atoms in total. The molecule has 0 aliphatic rings. The van der Waals surface area contributed by atoms with Gasteiger partial charge in [0, 0.05) is 13.0 Å². The van der Waals surface area contributed by atoms with Gasteiger partial charge in [0.05, 0.1) is 11.6 Å². The zero-order chi connectivity index (χ0) is 12.4. The molecule has 0 radical (unpaired) electrons. The number of ether oxygens (including phenoxy) is 1. The quantitative estimate of drug-likeness (QED) is 0.378. The normalized spacial score (nSPS) is 10.4. The van der Waals surface area contributed by atoms with Crippen LogP contribution in [-0.4, -0.2) is 42.6 Å². The molecule has 0 rings (SSSR count). The maximum absolute atomic E-state index is 11.0. The van der Waals surface area contributed by atoms with Gasteiger partial charge >= 0.3 is 5.97 Å². The van der Waals surface area contributed by atoms with Crippen LogP contribution in [0.3, 0.4) is 0 Å². The van der Waals surface area contributed by atoms with Gasteiger partial charge in [-0.15, -0.1) is 0 Å². The standard InChI is InChI=1S/C11H22N2O2S/c1-3-15-11(14)7-5-4-6-8-13(2)9-10(12)16/h3-9H2,1-2H3,(H2,12,16). The third kappa shape index (κ3) is 9.86. The van der Waals surface area contributed by atoms with Gasteiger partial charge in [-0.05, 0) is 33.4 Å². The number of unbranched alkanes of at least 4 members (excludes halogenated alkanes) is 2. The Bertz CT molecular complexity index is 222. The summed E-state index contributed by atoms with van der Waals surface area (Å²) in [7, 11) is 1.99. The largest absolute Gasteiger partial charge is 0.466 e. The molecule has 0 saturated carbocycles. The molecular formula is C11H22N2O2S. The Kier molecular flexibility index (Phi) is 9.13. The summed E-state index contributed by atoms with van der Waals surface area (Å²) < 4.78 is 4.84. The molecule has 0 amide bonds. The number of esters is 1. The fraction of sp³-hybridized carbons (Fsp3) is 0.818. The van der Waals surface area contributed by atoms with E-state index in [-0.39, 0.29) is 5.97 Å². The minimum absolute atomic E-state index is 0.0982. The number of carbonyl (C=O) groups is 1. The van der Waals surface area contributed by atoms with Crippen LogP contribution in [0.1, 0.15) is 32.6 Å². The van der Waals surface area contributed by atoms with Crippen LogP contribution in [-0.2, 0) is 9.53 Å². The predicted octanol–water partition coefficient (Wildman–Crippen LogP) is 1.33. The molecule has 0 atom stereocenters. The molecule has 5 heteroatoms. The fourth-order valence-corrected chi connectivity index (χ4v) is 1.63. The van der Waals surface area contributed by atoms with E-state index in [0.717, 1.165) is 25.8 Å². The lowest BCUT2D eigenvalue weighted by Crippen LogP contribution is -2.30. The zero-order valence-corrected chi connectivity index (χ0v) is 11.0. The summed E-state index contributed by atoms with van der Waals surface area (Å²) in [5.74, 6) is -0.0982. The van der Waals surface area contributed by atoms with E-state index in [1.165, 1.54) is 0 Å². The molecule has 0 aromatic heterocycles. The van der Waals surface area contributed by atoms with Crippen molar-refractivity contribution >= 4 is 23.2 Å². The van der Waals surface area contributed by atoms with E-state index in [0.29, 0.717) is 24.6 Å². The molecule has 0 fully saturated rings. The lowest BCUT2D eigenvalue weighted by molar-refractivity contribution is -0.143. The third-order valence-corrected chi connectivity index (χ3v) is 2.28. The Balaban J connectivity index is 3.32. The van der Waals surface area contributed by atoms with E-state index in [1.807, 2.05) is 14.0 Å². The first-order valence-corrected chi connectivity index (χ1v) is 6.09. The zero-order valence-electron chi connectivity index (χ0n) is 10.2. The highest BCUT2D eigenvalue weighted by Crippen LogP contribution is 2.02. The summed E-state index contributed by atoms with van der Waals surface area (Å²) in [5.41, 5.74) is 5.43. The lowest BCUT2D eigenvalue weighted by atomic mass is 10.2. The van der Waals surface area contributed by atoms with E-state index in [2.05, 4.69) is 4.90 Å². The van der Waals surface area contributed by atoms with Crippen molar-refractivity contribution < 1.29 is 9.53 Å². The number of nitrogens with zero attached hydrogens (tertiary/aromatic N) is 1. The van der Waals surface area contributed by atoms with Gasteiger partial charge in [-0.2, -0.15) is 0 Å². The molecule has 16 heavy (non-hydrogen) atoms. The van der Waals surface area contributed by atoms with E-state index in [4.69, 9.17) is 22.7 Å². The highest BCUT2D eigenvalue weighted by Gasteiger charge is 2.02. The molecular weight excluding hydrogens is 224 g/mol. The first-order chi connectivity index (χ1) is 7.56. The van der Waals surface area contributed by atoms with Crippen molar-refractivity contribution in [3.63, 3.8) is 0 Å². The van der Waals surface area contributed by atoms with Crippen molar-refractivity contribution in [2.75, 3.05) is 26.7 Å². The fourth-order valence-electron chi connectivity index (χ4n) is 1.41. The number of carbonyl (C=O) groups excluding carboxylic acids is 1. The van der Waals surface area contributed by atoms with Crippen LogP contribution in [0.2, 0.25) is 0 Å². The average molecular weight is 246 g/mol. The first-order valence-electron chi connectivity index (χ1n) is 5.68. The van der Waals surface area contributed by atoms with Gasteiger partial charge in [0.15, 0.2) is 0 Å². The molecule has 0 bridgehead atoms. The summed E-state index contributed by atoms with van der Waals surface area (Å²) in [6.07, 6.45) is 3.49. The Morgan fingerprint density at radius 3 is 2.62 bits per heavy atom. The Morgan fingerprint density at radius 1 is 1.38 bits per heavy atom. The molecule has 0 aromatic rings. The second kappa shape index (κ2) is 9.54. The number of nitrogens with two attached hydrogens (primary N) is 1. The molecule has 2 N–H and O–H groups in total. The lowest BCUT2D eigenvalue weighted by Gasteiger charge is -2.14. The van der Waals surface area contributed by atoms with E-state index in [9.17, 15) is 4.79 Å². The summed E-state index contributed by atoms with van der Waals surface area (Å²) in [4.78, 5) is 13.6. The number of likely N-dealkylation sites (N-methyl/N-ethyl adjacent to an activating group) is 1. The van der Waals surface area contributed by atoms with Crippen LogP contribution in [0, 0.1) is 0 Å². The Morgan fingerprint density at radius 2 is 2.06 bits per heavy atom. The molecule has 0 aliphatic carbocycles. The molecule has 0 unspecified atom stereocenters. The maximum atomic E-state index is 11.0. The predicted molar refractivity (Wildman–Crippen MR) is 69.4 cm³/mol. The van der Waals surface area contributed by atoms with Gasteiger partial charge in [0.25, 0.3) is 0 Å². The van der Waals surface area contributed by atoms with Crippen LogP contribution in [0.5, 0.6) is 0 Å². The molecule has 0 saturated heterocycles. The number of hydrogen-bond acceptors (Lipinski definition) is 4. The minimum Gasteiger partial charge on any atom is -0.466 e. The van der Waals surface area contributed by atoms with Crippen LogP contribution < -0.4 is 5.73 Å². The van der Waals surface area contributed by atoms with Crippen molar-refractivity contribution in [3.8, 4) is 0 Å². The van der Waals surface area contributed by atoms with Crippen molar-refractivity contribution in [3.05, 3.63) is 0 Å².